The zero-order valence-corrected chi connectivity index (χ0v) is 15.3. The summed E-state index contributed by atoms with van der Waals surface area (Å²) in [6, 6.07) is 32.0. The summed E-state index contributed by atoms with van der Waals surface area (Å²) in [6.07, 6.45) is 0.977. The minimum absolute atomic E-state index is 0.794. The molecule has 0 aliphatic rings. The van der Waals surface area contributed by atoms with Gasteiger partial charge in [0.1, 0.15) is 0 Å². The number of hydrogen-bond donors (Lipinski definition) is 0. The first-order valence-corrected chi connectivity index (χ1v) is 11.6. The Balaban J connectivity index is 1.72. The average Bonchev–Trinajstić information content (AvgIpc) is 2.61. The van der Waals surface area contributed by atoms with E-state index in [9.17, 15) is 0 Å². The van der Waals surface area contributed by atoms with Gasteiger partial charge in [0.15, 0.2) is 0 Å². The van der Waals surface area contributed by atoms with E-state index in [0.29, 0.717) is 0 Å². The Morgan fingerprint density at radius 2 is 1.05 bits per heavy atom. The third kappa shape index (κ3) is 4.21. The Hall–Kier alpha value is -1.58. The molecule has 3 aromatic rings. The van der Waals surface area contributed by atoms with Crippen molar-refractivity contribution < 1.29 is 3.07 Å². The van der Waals surface area contributed by atoms with Gasteiger partial charge in [-0.3, -0.25) is 0 Å². The average molecular weight is 394 g/mol. The molecule has 1 radical (unpaired) electrons. The fraction of sp³-hybridized carbons (Fsp3) is 0.100. The topological polar surface area (TPSA) is 9.23 Å². The van der Waals surface area contributed by atoms with E-state index in [-0.39, 0.29) is 0 Å². The van der Waals surface area contributed by atoms with Crippen molar-refractivity contribution in [2.24, 2.45) is 0 Å². The summed E-state index contributed by atoms with van der Waals surface area (Å²) in [5.74, 6) is 0. The molecule has 0 aliphatic carbocycles. The standard InChI is InChI=1S/C8H9O.2C6H5.Sn/c9-7-6-8-4-2-1-3-5-8;2*1-2-4-6-5-3-1;/h1-5H,6-7H2;2*1-5H;/q-1;;;+1. The first kappa shape index (κ1) is 15.3. The summed E-state index contributed by atoms with van der Waals surface area (Å²) >= 11 is -2.25. The fourth-order valence-electron chi connectivity index (χ4n) is 2.43. The van der Waals surface area contributed by atoms with Crippen molar-refractivity contribution in [3.63, 3.8) is 0 Å². The maximum absolute atomic E-state index is 6.41. The first-order valence-electron chi connectivity index (χ1n) is 7.58. The second-order valence-electron chi connectivity index (χ2n) is 5.15. The molecule has 3 rings (SSSR count). The maximum atomic E-state index is 6.41. The van der Waals surface area contributed by atoms with E-state index in [0.717, 1.165) is 13.0 Å². The molecule has 109 valence electrons. The van der Waals surface area contributed by atoms with Gasteiger partial charge in [0.2, 0.25) is 0 Å². The van der Waals surface area contributed by atoms with Crippen LogP contribution in [-0.2, 0) is 9.49 Å². The number of rotatable bonds is 6. The molecule has 0 heterocycles. The van der Waals surface area contributed by atoms with E-state index >= 15 is 0 Å². The summed E-state index contributed by atoms with van der Waals surface area (Å²) in [7, 11) is 0. The zero-order chi connectivity index (χ0) is 15.0. The van der Waals surface area contributed by atoms with Crippen molar-refractivity contribution in [2.75, 3.05) is 6.61 Å². The van der Waals surface area contributed by atoms with Gasteiger partial charge >= 0.3 is 140 Å². The monoisotopic (exact) mass is 395 g/mol. The number of hydrogen-bond acceptors (Lipinski definition) is 1. The van der Waals surface area contributed by atoms with Gasteiger partial charge in [-0.05, 0) is 0 Å². The summed E-state index contributed by atoms with van der Waals surface area (Å²) in [5, 5.41) is 0. The molecular weight excluding hydrogens is 375 g/mol. The zero-order valence-electron chi connectivity index (χ0n) is 12.5. The second kappa shape index (κ2) is 8.16. The van der Waals surface area contributed by atoms with Crippen LogP contribution >= 0.6 is 0 Å². The molecule has 0 amide bonds. The van der Waals surface area contributed by atoms with Gasteiger partial charge in [-0.25, -0.2) is 0 Å². The molecule has 0 aliphatic heterocycles. The molecule has 1 nitrogen and oxygen atoms in total. The van der Waals surface area contributed by atoms with Gasteiger partial charge in [-0.1, -0.05) is 0 Å². The van der Waals surface area contributed by atoms with Crippen molar-refractivity contribution in [1.29, 1.82) is 0 Å². The molecule has 0 aromatic heterocycles. The van der Waals surface area contributed by atoms with Crippen LogP contribution in [0.2, 0.25) is 0 Å². The van der Waals surface area contributed by atoms with E-state index in [4.69, 9.17) is 3.07 Å². The van der Waals surface area contributed by atoms with Crippen molar-refractivity contribution in [3.8, 4) is 0 Å². The fourth-order valence-corrected chi connectivity index (χ4v) is 8.03. The normalized spacial score (nSPS) is 10.8. The van der Waals surface area contributed by atoms with Crippen LogP contribution in [0.3, 0.4) is 0 Å². The third-order valence-electron chi connectivity index (χ3n) is 3.55. The third-order valence-corrected chi connectivity index (χ3v) is 9.85. The van der Waals surface area contributed by atoms with Gasteiger partial charge in [0, 0.05) is 0 Å². The van der Waals surface area contributed by atoms with Crippen LogP contribution in [0.4, 0.5) is 0 Å². The van der Waals surface area contributed by atoms with Gasteiger partial charge in [0.25, 0.3) is 0 Å². The van der Waals surface area contributed by atoms with Crippen LogP contribution in [0.25, 0.3) is 0 Å². The van der Waals surface area contributed by atoms with Crippen LogP contribution < -0.4 is 7.16 Å². The molecule has 0 saturated carbocycles. The molecule has 0 bridgehead atoms. The SMILES string of the molecule is c1ccc(CC[O][Sn]([c]2ccccc2)[c]2ccccc2)cc1. The summed E-state index contributed by atoms with van der Waals surface area (Å²) in [6.45, 7) is 0.794. The minimum atomic E-state index is -2.25. The molecule has 22 heavy (non-hydrogen) atoms. The van der Waals surface area contributed by atoms with E-state index in [1.165, 1.54) is 12.7 Å². The molecule has 0 fully saturated rings. The predicted molar refractivity (Wildman–Crippen MR) is 94.0 cm³/mol. The quantitative estimate of drug-likeness (QED) is 0.585. The summed E-state index contributed by atoms with van der Waals surface area (Å²) < 4.78 is 9.20. The van der Waals surface area contributed by atoms with Gasteiger partial charge in [0.05, 0.1) is 0 Å². The predicted octanol–water partition coefficient (Wildman–Crippen LogP) is 3.05. The number of benzene rings is 3. The molecule has 3 aromatic carbocycles. The van der Waals surface area contributed by atoms with Gasteiger partial charge in [-0.15, -0.1) is 0 Å². The molecule has 0 atom stereocenters. The molecule has 0 saturated heterocycles. The summed E-state index contributed by atoms with van der Waals surface area (Å²) in [5.41, 5.74) is 1.34. The van der Waals surface area contributed by atoms with Crippen LogP contribution in [0.1, 0.15) is 5.56 Å². The van der Waals surface area contributed by atoms with E-state index in [2.05, 4.69) is 91.0 Å². The van der Waals surface area contributed by atoms with E-state index in [1.807, 2.05) is 0 Å². The van der Waals surface area contributed by atoms with Crippen molar-refractivity contribution in [3.05, 3.63) is 96.6 Å². The Bertz CT molecular complexity index is 628. The van der Waals surface area contributed by atoms with Crippen LogP contribution in [0, 0.1) is 0 Å². The van der Waals surface area contributed by atoms with Crippen molar-refractivity contribution in [1.82, 2.24) is 0 Å². The Kier molecular flexibility index (Phi) is 5.68. The molecule has 0 spiro atoms. The molecular formula is C20H19OSn. The van der Waals surface area contributed by atoms with E-state index < -0.39 is 20.2 Å². The molecule has 2 heteroatoms. The molecule has 0 N–H and O–H groups in total. The molecule has 0 unspecified atom stereocenters. The second-order valence-corrected chi connectivity index (χ2v) is 11.1. The Labute approximate surface area is 139 Å². The van der Waals surface area contributed by atoms with Gasteiger partial charge < -0.3 is 0 Å². The van der Waals surface area contributed by atoms with Crippen molar-refractivity contribution in [2.45, 2.75) is 6.42 Å². The Morgan fingerprint density at radius 3 is 1.55 bits per heavy atom. The van der Waals surface area contributed by atoms with Crippen LogP contribution in [0.5, 0.6) is 0 Å². The van der Waals surface area contributed by atoms with Crippen LogP contribution in [0.15, 0.2) is 91.0 Å². The Morgan fingerprint density at radius 1 is 0.591 bits per heavy atom. The summed E-state index contributed by atoms with van der Waals surface area (Å²) in [4.78, 5) is 0. The van der Waals surface area contributed by atoms with Crippen LogP contribution in [-0.4, -0.2) is 26.8 Å². The first-order chi connectivity index (χ1) is 10.9. The van der Waals surface area contributed by atoms with Gasteiger partial charge in [-0.2, -0.15) is 0 Å². The van der Waals surface area contributed by atoms with E-state index in [1.54, 1.807) is 0 Å². The van der Waals surface area contributed by atoms with Crippen molar-refractivity contribution >= 4 is 27.3 Å².